The lowest BCUT2D eigenvalue weighted by Crippen LogP contribution is -2.16. The van der Waals surface area contributed by atoms with E-state index in [0.29, 0.717) is 6.10 Å². The Morgan fingerprint density at radius 1 is 0.957 bits per heavy atom. The van der Waals surface area contributed by atoms with Crippen molar-refractivity contribution < 1.29 is 14.9 Å². The maximum atomic E-state index is 9.31. The maximum absolute atomic E-state index is 9.31. The van der Waals surface area contributed by atoms with E-state index in [4.69, 9.17) is 9.84 Å². The van der Waals surface area contributed by atoms with Crippen LogP contribution >= 0.6 is 0 Å². The summed E-state index contributed by atoms with van der Waals surface area (Å²) in [7, 11) is 0. The normalized spacial score (nSPS) is 21.8. The van der Waals surface area contributed by atoms with Gasteiger partial charge in [-0.3, -0.25) is 0 Å². The zero-order valence-electron chi connectivity index (χ0n) is 13.7. The molecule has 1 aliphatic heterocycles. The van der Waals surface area contributed by atoms with E-state index in [1.165, 1.54) is 6.92 Å². The molecule has 2 aromatic rings. The first-order chi connectivity index (χ1) is 10.9. The number of aliphatic hydroxyl groups excluding tert-OH is 2. The quantitative estimate of drug-likeness (QED) is 0.825. The molecular formula is C16H22N4O3. The Labute approximate surface area is 135 Å². The number of aryl methyl sites for hydroxylation is 2. The molecule has 7 heteroatoms. The molecule has 0 aromatic carbocycles. The van der Waals surface area contributed by atoms with Gasteiger partial charge in [-0.05, 0) is 38.8 Å². The Morgan fingerprint density at radius 3 is 1.78 bits per heavy atom. The summed E-state index contributed by atoms with van der Waals surface area (Å²) in [5, 5.41) is 18.3. The average Bonchev–Trinajstić information content (AvgIpc) is 3.25. The minimum Gasteiger partial charge on any atom is -0.390 e. The van der Waals surface area contributed by atoms with Gasteiger partial charge in [-0.2, -0.15) is 0 Å². The minimum atomic E-state index is -0.995. The highest BCUT2D eigenvalue weighted by Crippen LogP contribution is 2.35. The number of hydrogen-bond donors (Lipinski definition) is 2. The van der Waals surface area contributed by atoms with E-state index in [2.05, 4.69) is 19.9 Å². The van der Waals surface area contributed by atoms with Crippen molar-refractivity contribution in [3.8, 4) is 0 Å². The van der Waals surface area contributed by atoms with Crippen molar-refractivity contribution in [2.75, 3.05) is 0 Å². The van der Waals surface area contributed by atoms with Gasteiger partial charge in [0.25, 0.3) is 0 Å². The highest BCUT2D eigenvalue weighted by molar-refractivity contribution is 5.07. The van der Waals surface area contributed by atoms with Crippen molar-refractivity contribution in [3.63, 3.8) is 0 Å². The fourth-order valence-electron chi connectivity index (χ4n) is 1.78. The predicted molar refractivity (Wildman–Crippen MR) is 83.5 cm³/mol. The Kier molecular flexibility index (Phi) is 5.70. The Bertz CT molecular complexity index is 616. The van der Waals surface area contributed by atoms with Gasteiger partial charge >= 0.3 is 0 Å². The number of nitrogens with zero attached hydrogens (tertiary/aromatic N) is 4. The second-order valence-electron chi connectivity index (χ2n) is 5.68. The third-order valence-electron chi connectivity index (χ3n) is 3.29. The first-order valence-corrected chi connectivity index (χ1v) is 7.47. The van der Waals surface area contributed by atoms with E-state index >= 15 is 0 Å². The molecule has 7 nitrogen and oxygen atoms in total. The van der Waals surface area contributed by atoms with Gasteiger partial charge in [0.15, 0.2) is 11.6 Å². The lowest BCUT2D eigenvalue weighted by Gasteiger charge is -2.11. The van der Waals surface area contributed by atoms with Gasteiger partial charge in [0.2, 0.25) is 0 Å². The molecule has 1 saturated heterocycles. The van der Waals surface area contributed by atoms with E-state index in [9.17, 15) is 5.11 Å². The molecule has 0 bridgehead atoms. The molecule has 3 heterocycles. The summed E-state index contributed by atoms with van der Waals surface area (Å²) in [6, 6.07) is 0. The molecule has 4 atom stereocenters. The van der Waals surface area contributed by atoms with Crippen molar-refractivity contribution in [2.24, 2.45) is 0 Å². The standard InChI is InChI=1S/C8H12N2O2.C8H10N2O/c1-5-3-9-8(10-4-5)7(12)6(2)11;1-5-3-9-8(10-4-5)7-6(2)11-7/h3-4,6-7,11-12H,1-2H3;3-4,6-7H,1-2H3/t2*6-,7+/m11/s1. The zero-order valence-corrected chi connectivity index (χ0v) is 13.7. The molecule has 0 aliphatic carbocycles. The Hall–Kier alpha value is -1.96. The highest BCUT2D eigenvalue weighted by Gasteiger charge is 2.38. The highest BCUT2D eigenvalue weighted by atomic mass is 16.6. The Balaban J connectivity index is 0.000000167. The van der Waals surface area contributed by atoms with Crippen LogP contribution < -0.4 is 0 Å². The summed E-state index contributed by atoms with van der Waals surface area (Å²) in [6.07, 6.45) is 5.46. The fourth-order valence-corrected chi connectivity index (χ4v) is 1.78. The molecule has 0 unspecified atom stereocenters. The molecule has 2 N–H and O–H groups in total. The molecule has 3 rings (SSSR count). The molecule has 0 radical (unpaired) electrons. The lowest BCUT2D eigenvalue weighted by molar-refractivity contribution is 0.0248. The minimum absolute atomic E-state index is 0.149. The third kappa shape index (κ3) is 5.02. The lowest BCUT2D eigenvalue weighted by atomic mass is 10.2. The molecule has 0 spiro atoms. The molecular weight excluding hydrogens is 296 g/mol. The zero-order chi connectivity index (χ0) is 17.0. The molecule has 1 aliphatic rings. The van der Waals surface area contributed by atoms with E-state index in [-0.39, 0.29) is 11.9 Å². The monoisotopic (exact) mass is 318 g/mol. The number of hydrogen-bond acceptors (Lipinski definition) is 7. The van der Waals surface area contributed by atoms with Crippen LogP contribution in [0.1, 0.15) is 48.8 Å². The van der Waals surface area contributed by atoms with E-state index in [1.807, 2.05) is 33.2 Å². The maximum Gasteiger partial charge on any atom is 0.159 e. The van der Waals surface area contributed by atoms with Gasteiger partial charge < -0.3 is 14.9 Å². The molecule has 124 valence electrons. The summed E-state index contributed by atoms with van der Waals surface area (Å²) in [4.78, 5) is 16.1. The molecule has 2 aromatic heterocycles. The van der Waals surface area contributed by atoms with E-state index in [0.717, 1.165) is 17.0 Å². The van der Waals surface area contributed by atoms with E-state index < -0.39 is 12.2 Å². The van der Waals surface area contributed by atoms with Gasteiger partial charge in [0.1, 0.15) is 12.2 Å². The van der Waals surface area contributed by atoms with Gasteiger partial charge in [0.05, 0.1) is 12.2 Å². The smallest absolute Gasteiger partial charge is 0.159 e. The number of aliphatic hydroxyl groups is 2. The van der Waals surface area contributed by atoms with Gasteiger partial charge in [0, 0.05) is 24.8 Å². The second kappa shape index (κ2) is 7.54. The Morgan fingerprint density at radius 2 is 1.39 bits per heavy atom. The average molecular weight is 318 g/mol. The predicted octanol–water partition coefficient (Wildman–Crippen LogP) is 1.44. The van der Waals surface area contributed by atoms with Crippen LogP contribution in [0.3, 0.4) is 0 Å². The fraction of sp³-hybridized carbons (Fsp3) is 0.500. The second-order valence-corrected chi connectivity index (χ2v) is 5.68. The van der Waals surface area contributed by atoms with Crippen LogP contribution in [0.15, 0.2) is 24.8 Å². The SMILES string of the molecule is Cc1cnc([C@@H](O)[C@@H](C)O)nc1.Cc1cnc([C@H]2O[C@@H]2C)nc1. The number of aromatic nitrogens is 4. The van der Waals surface area contributed by atoms with Crippen LogP contribution in [0.5, 0.6) is 0 Å². The van der Waals surface area contributed by atoms with Crippen LogP contribution in [0, 0.1) is 13.8 Å². The van der Waals surface area contributed by atoms with Gasteiger partial charge in [-0.15, -0.1) is 0 Å². The van der Waals surface area contributed by atoms with E-state index in [1.54, 1.807) is 12.4 Å². The first kappa shape index (κ1) is 17.4. The van der Waals surface area contributed by atoms with Crippen LogP contribution in [0.2, 0.25) is 0 Å². The van der Waals surface area contributed by atoms with Crippen molar-refractivity contribution in [1.29, 1.82) is 0 Å². The van der Waals surface area contributed by atoms with Gasteiger partial charge in [-0.25, -0.2) is 19.9 Å². The molecule has 0 amide bonds. The van der Waals surface area contributed by atoms with Crippen molar-refractivity contribution in [2.45, 2.75) is 52.1 Å². The topological polar surface area (TPSA) is 105 Å². The summed E-state index contributed by atoms with van der Waals surface area (Å²) in [6.45, 7) is 7.35. The van der Waals surface area contributed by atoms with Crippen LogP contribution in [-0.2, 0) is 4.74 Å². The third-order valence-corrected chi connectivity index (χ3v) is 3.29. The molecule has 23 heavy (non-hydrogen) atoms. The summed E-state index contributed by atoms with van der Waals surface area (Å²) in [5.41, 5.74) is 2.01. The van der Waals surface area contributed by atoms with Crippen molar-refractivity contribution in [1.82, 2.24) is 19.9 Å². The van der Waals surface area contributed by atoms with Gasteiger partial charge in [-0.1, -0.05) is 0 Å². The number of epoxide rings is 1. The summed E-state index contributed by atoms with van der Waals surface area (Å²) >= 11 is 0. The molecule has 0 saturated carbocycles. The molecule has 1 fully saturated rings. The largest absolute Gasteiger partial charge is 0.390 e. The van der Waals surface area contributed by atoms with Crippen LogP contribution in [0.4, 0.5) is 0 Å². The summed E-state index contributed by atoms with van der Waals surface area (Å²) < 4.78 is 5.22. The number of rotatable bonds is 3. The summed E-state index contributed by atoms with van der Waals surface area (Å²) in [5.74, 6) is 1.07. The van der Waals surface area contributed by atoms with Crippen LogP contribution in [-0.4, -0.2) is 42.4 Å². The van der Waals surface area contributed by atoms with Crippen molar-refractivity contribution >= 4 is 0 Å². The number of ether oxygens (including phenoxy) is 1. The van der Waals surface area contributed by atoms with Crippen LogP contribution in [0.25, 0.3) is 0 Å². The first-order valence-electron chi connectivity index (χ1n) is 7.47. The van der Waals surface area contributed by atoms with Crippen molar-refractivity contribution in [3.05, 3.63) is 47.6 Å².